The van der Waals surface area contributed by atoms with E-state index in [1.165, 1.54) is 12.1 Å². The number of piperidine rings is 1. The molecule has 1 aliphatic rings. The molecule has 2 N–H and O–H groups in total. The predicted octanol–water partition coefficient (Wildman–Crippen LogP) is 5.58. The van der Waals surface area contributed by atoms with E-state index in [2.05, 4.69) is 29.1 Å². The summed E-state index contributed by atoms with van der Waals surface area (Å²) in [7, 11) is -4.89. The van der Waals surface area contributed by atoms with Crippen molar-refractivity contribution in [2.75, 3.05) is 56.4 Å². The van der Waals surface area contributed by atoms with Crippen molar-refractivity contribution >= 4 is 52.9 Å². The van der Waals surface area contributed by atoms with E-state index >= 15 is 0 Å². The fourth-order valence-corrected chi connectivity index (χ4v) is 7.23. The van der Waals surface area contributed by atoms with Gasteiger partial charge in [0.05, 0.1) is 41.2 Å². The van der Waals surface area contributed by atoms with Crippen molar-refractivity contribution < 1.29 is 50.5 Å². The standard InChI is InChI=1S/C31H40ClF3N4O8SSi/c1-45-29(41)21-8-9-27(40)28(16-21)48(43,44)37-25-15-22(18-36)24(32)17-26(25)39-10-6-5-7-23(39)19-38(30(42)31(33,34)35)11-12-46-20-47-13-14-49(2,3)4/h8-9,15-17,23,37,40H,5-7,10-14,19-20H2,1-4H3. The zero-order valence-corrected chi connectivity index (χ0v) is 30.2. The molecule has 18 heteroatoms. The van der Waals surface area contributed by atoms with E-state index in [0.717, 1.165) is 31.4 Å². The molecule has 1 heterocycles. The zero-order valence-electron chi connectivity index (χ0n) is 27.6. The minimum atomic E-state index is -5.16. The Morgan fingerprint density at radius 2 is 1.86 bits per heavy atom. The number of esters is 1. The number of alkyl halides is 3. The molecule has 1 atom stereocenters. The highest BCUT2D eigenvalue weighted by atomic mass is 35.5. The molecule has 12 nitrogen and oxygen atoms in total. The maximum Gasteiger partial charge on any atom is 0.471 e. The maximum atomic E-state index is 13.7. The Kier molecular flexibility index (Phi) is 13.8. The first kappa shape index (κ1) is 39.9. The number of nitrogens with zero attached hydrogens (tertiary/aromatic N) is 3. The van der Waals surface area contributed by atoms with E-state index in [-0.39, 0.29) is 60.6 Å². The van der Waals surface area contributed by atoms with E-state index in [9.17, 15) is 41.5 Å². The molecule has 0 bridgehead atoms. The van der Waals surface area contributed by atoms with Crippen LogP contribution in [0.15, 0.2) is 35.2 Å². The molecule has 0 spiro atoms. The van der Waals surface area contributed by atoms with Crippen LogP contribution >= 0.6 is 11.6 Å². The number of nitrogens with one attached hydrogen (secondary N) is 1. The van der Waals surface area contributed by atoms with E-state index in [0.29, 0.717) is 30.8 Å². The fraction of sp³-hybridized carbons (Fsp3) is 0.516. The van der Waals surface area contributed by atoms with Crippen molar-refractivity contribution in [2.24, 2.45) is 0 Å². The van der Waals surface area contributed by atoms with Gasteiger partial charge in [-0.3, -0.25) is 9.52 Å². The quantitative estimate of drug-likeness (QED) is 0.102. The maximum absolute atomic E-state index is 13.7. The minimum Gasteiger partial charge on any atom is -0.507 e. The largest absolute Gasteiger partial charge is 0.507 e. The lowest BCUT2D eigenvalue weighted by molar-refractivity contribution is -0.186. The summed E-state index contributed by atoms with van der Waals surface area (Å²) in [6.45, 7) is 6.09. The van der Waals surface area contributed by atoms with Crippen LogP contribution in [-0.2, 0) is 29.0 Å². The zero-order chi connectivity index (χ0) is 36.6. The second-order valence-corrected chi connectivity index (χ2v) is 20.3. The van der Waals surface area contributed by atoms with Gasteiger partial charge in [0.15, 0.2) is 0 Å². The highest BCUT2D eigenvalue weighted by Gasteiger charge is 2.43. The molecule has 2 aromatic rings. The fourth-order valence-electron chi connectivity index (χ4n) is 5.09. The Bertz CT molecular complexity index is 1650. The third-order valence-corrected chi connectivity index (χ3v) is 11.1. The van der Waals surface area contributed by atoms with Crippen molar-refractivity contribution in [3.63, 3.8) is 0 Å². The van der Waals surface area contributed by atoms with Crippen molar-refractivity contribution in [1.82, 2.24) is 4.90 Å². The van der Waals surface area contributed by atoms with Gasteiger partial charge >= 0.3 is 18.1 Å². The molecule has 270 valence electrons. The molecule has 0 radical (unpaired) electrons. The Morgan fingerprint density at radius 3 is 2.49 bits per heavy atom. The molecule has 1 saturated heterocycles. The minimum absolute atomic E-state index is 0.0499. The average Bonchev–Trinajstić information content (AvgIpc) is 3.03. The number of nitriles is 1. The van der Waals surface area contributed by atoms with Crippen molar-refractivity contribution in [3.05, 3.63) is 46.5 Å². The molecule has 1 amide bonds. The van der Waals surface area contributed by atoms with Crippen LogP contribution in [0.3, 0.4) is 0 Å². The third-order valence-electron chi connectivity index (χ3n) is 7.69. The molecular formula is C31H40ClF3N4O8SSi. The number of ether oxygens (including phenoxy) is 3. The topological polar surface area (TPSA) is 158 Å². The Balaban J connectivity index is 1.92. The summed E-state index contributed by atoms with van der Waals surface area (Å²) >= 11 is 6.36. The van der Waals surface area contributed by atoms with Gasteiger partial charge in [0, 0.05) is 40.4 Å². The highest BCUT2D eigenvalue weighted by molar-refractivity contribution is 7.92. The van der Waals surface area contributed by atoms with E-state index in [1.807, 2.05) is 6.07 Å². The number of amides is 1. The van der Waals surface area contributed by atoms with Gasteiger partial charge in [0.25, 0.3) is 10.0 Å². The van der Waals surface area contributed by atoms with Crippen LogP contribution in [0.2, 0.25) is 30.7 Å². The Hall–Kier alpha value is -3.56. The summed E-state index contributed by atoms with van der Waals surface area (Å²) in [5, 5.41) is 20.0. The van der Waals surface area contributed by atoms with Gasteiger partial charge in [-0.25, -0.2) is 13.2 Å². The summed E-state index contributed by atoms with van der Waals surface area (Å²) in [6.07, 6.45) is -3.63. The molecule has 0 aliphatic carbocycles. The number of carbonyl (C=O) groups is 2. The smallest absolute Gasteiger partial charge is 0.471 e. The van der Waals surface area contributed by atoms with Crippen LogP contribution in [0.4, 0.5) is 24.5 Å². The first-order valence-corrected chi connectivity index (χ1v) is 20.9. The molecular weight excluding hydrogens is 709 g/mol. The normalized spacial score (nSPS) is 15.4. The number of phenols is 1. The summed E-state index contributed by atoms with van der Waals surface area (Å²) in [5.74, 6) is -3.59. The average molecular weight is 749 g/mol. The lowest BCUT2D eigenvalue weighted by Crippen LogP contribution is -2.52. The number of hydrogen-bond acceptors (Lipinski definition) is 10. The number of anilines is 2. The van der Waals surface area contributed by atoms with Crippen LogP contribution in [0.5, 0.6) is 5.75 Å². The molecule has 1 unspecified atom stereocenters. The second kappa shape index (κ2) is 16.9. The summed E-state index contributed by atoms with van der Waals surface area (Å²) in [5.41, 5.74) is -0.305. The number of rotatable bonds is 15. The van der Waals surface area contributed by atoms with E-state index < -0.39 is 52.8 Å². The van der Waals surface area contributed by atoms with Crippen molar-refractivity contribution in [2.45, 2.75) is 62.1 Å². The van der Waals surface area contributed by atoms with Gasteiger partial charge in [-0.1, -0.05) is 31.2 Å². The van der Waals surface area contributed by atoms with Gasteiger partial charge in [0.2, 0.25) is 0 Å². The van der Waals surface area contributed by atoms with E-state index in [1.54, 1.807) is 4.90 Å². The highest BCUT2D eigenvalue weighted by Crippen LogP contribution is 2.38. The first-order chi connectivity index (χ1) is 22.9. The molecule has 1 fully saturated rings. The number of carbonyl (C=O) groups excluding carboxylic acids is 2. The van der Waals surface area contributed by atoms with Crippen LogP contribution < -0.4 is 9.62 Å². The Morgan fingerprint density at radius 1 is 1.16 bits per heavy atom. The SMILES string of the molecule is COC(=O)c1ccc(O)c(S(=O)(=O)Nc2cc(C#N)c(Cl)cc2N2CCCCC2CN(CCOCOCC[Si](C)(C)C)C(=O)C(F)(F)F)c1. The Labute approximate surface area is 289 Å². The number of sulfonamides is 1. The number of aromatic hydroxyl groups is 1. The lowest BCUT2D eigenvalue weighted by atomic mass is 9.99. The molecule has 0 aromatic heterocycles. The number of benzene rings is 2. The van der Waals surface area contributed by atoms with Crippen LogP contribution in [0, 0.1) is 11.3 Å². The second-order valence-electron chi connectivity index (χ2n) is 12.6. The monoisotopic (exact) mass is 748 g/mol. The lowest BCUT2D eigenvalue weighted by Gasteiger charge is -2.41. The molecule has 3 rings (SSSR count). The van der Waals surface area contributed by atoms with E-state index in [4.69, 9.17) is 21.1 Å². The van der Waals surface area contributed by atoms with Gasteiger partial charge in [-0.05, 0) is 55.6 Å². The summed E-state index contributed by atoms with van der Waals surface area (Å²) in [6, 6.07) is 7.58. The van der Waals surface area contributed by atoms with Crippen molar-refractivity contribution in [3.8, 4) is 11.8 Å². The predicted molar refractivity (Wildman–Crippen MR) is 179 cm³/mol. The van der Waals surface area contributed by atoms with Crippen LogP contribution in [-0.4, -0.2) is 97.3 Å². The van der Waals surface area contributed by atoms with Gasteiger partial charge in [-0.15, -0.1) is 0 Å². The van der Waals surface area contributed by atoms with Crippen molar-refractivity contribution in [1.29, 1.82) is 5.26 Å². The van der Waals surface area contributed by atoms with Crippen LogP contribution in [0.25, 0.3) is 0 Å². The number of hydrogen-bond donors (Lipinski definition) is 2. The number of halogens is 4. The summed E-state index contributed by atoms with van der Waals surface area (Å²) in [4.78, 5) is 26.2. The van der Waals surface area contributed by atoms with Gasteiger partial charge in [-0.2, -0.15) is 18.4 Å². The molecule has 2 aromatic carbocycles. The number of phenolic OH excluding ortho intramolecular Hbond substituents is 1. The third kappa shape index (κ3) is 11.2. The molecule has 49 heavy (non-hydrogen) atoms. The molecule has 1 aliphatic heterocycles. The first-order valence-electron chi connectivity index (χ1n) is 15.3. The molecule has 0 saturated carbocycles. The number of methoxy groups -OCH3 is 1. The summed E-state index contributed by atoms with van der Waals surface area (Å²) < 4.78 is 86.0. The van der Waals surface area contributed by atoms with Crippen LogP contribution in [0.1, 0.15) is 35.2 Å². The van der Waals surface area contributed by atoms with Gasteiger partial charge in [0.1, 0.15) is 23.5 Å². The van der Waals surface area contributed by atoms with Gasteiger partial charge < -0.3 is 29.1 Å².